The molecule has 18 heavy (non-hydrogen) atoms. The summed E-state index contributed by atoms with van der Waals surface area (Å²) in [5, 5.41) is 0. The third kappa shape index (κ3) is 2.22. The second kappa shape index (κ2) is 5.42. The Bertz CT molecular complexity index is 420. The van der Waals surface area contributed by atoms with E-state index in [0.29, 0.717) is 11.5 Å². The second-order valence-corrected chi connectivity index (χ2v) is 4.90. The van der Waals surface area contributed by atoms with Crippen LogP contribution in [0.25, 0.3) is 0 Å². The molecule has 1 aliphatic rings. The maximum absolute atomic E-state index is 11.6. The minimum absolute atomic E-state index is 0.322. The molecular weight excluding hydrogens is 228 g/mol. The first-order valence-corrected chi connectivity index (χ1v) is 6.44. The molecule has 1 fully saturated rings. The molecule has 1 saturated carbocycles. The fourth-order valence-corrected chi connectivity index (χ4v) is 2.80. The predicted octanol–water partition coefficient (Wildman–Crippen LogP) is 3.10. The van der Waals surface area contributed by atoms with E-state index in [1.807, 2.05) is 18.2 Å². The first kappa shape index (κ1) is 12.9. The number of benzene rings is 1. The molecule has 3 heteroatoms. The molecule has 0 unspecified atom stereocenters. The number of rotatable bonds is 4. The van der Waals surface area contributed by atoms with Gasteiger partial charge < -0.3 is 14.3 Å². The van der Waals surface area contributed by atoms with Gasteiger partial charge in [-0.3, -0.25) is 0 Å². The van der Waals surface area contributed by atoms with Crippen LogP contribution in [0.2, 0.25) is 0 Å². The lowest BCUT2D eigenvalue weighted by atomic mass is 9.70. The fourth-order valence-electron chi connectivity index (χ4n) is 2.80. The molecule has 0 aliphatic heterocycles. The van der Waals surface area contributed by atoms with Crippen LogP contribution in [-0.2, 0) is 10.2 Å². The molecule has 0 aromatic heterocycles. The fraction of sp³-hybridized carbons (Fsp3) is 0.533. The molecule has 2 rings (SSSR count). The van der Waals surface area contributed by atoms with Crippen LogP contribution in [-0.4, -0.2) is 20.5 Å². The van der Waals surface area contributed by atoms with Gasteiger partial charge in [0.1, 0.15) is 6.29 Å². The second-order valence-electron chi connectivity index (χ2n) is 4.90. The summed E-state index contributed by atoms with van der Waals surface area (Å²) in [5.41, 5.74) is 0.729. The van der Waals surface area contributed by atoms with Gasteiger partial charge in [-0.05, 0) is 30.5 Å². The van der Waals surface area contributed by atoms with E-state index >= 15 is 0 Å². The summed E-state index contributed by atoms with van der Waals surface area (Å²) in [7, 11) is 3.24. The van der Waals surface area contributed by atoms with Crippen molar-refractivity contribution in [3.05, 3.63) is 23.8 Å². The van der Waals surface area contributed by atoms with Crippen molar-refractivity contribution in [3.63, 3.8) is 0 Å². The highest BCUT2D eigenvalue weighted by Crippen LogP contribution is 2.40. The summed E-state index contributed by atoms with van der Waals surface area (Å²) in [5.74, 6) is 1.40. The van der Waals surface area contributed by atoms with Gasteiger partial charge in [0.05, 0.1) is 19.6 Å². The summed E-state index contributed by atoms with van der Waals surface area (Å²) < 4.78 is 10.5. The Kier molecular flexibility index (Phi) is 3.90. The summed E-state index contributed by atoms with van der Waals surface area (Å²) >= 11 is 0. The van der Waals surface area contributed by atoms with E-state index in [-0.39, 0.29) is 5.41 Å². The van der Waals surface area contributed by atoms with Crippen LogP contribution in [0.5, 0.6) is 11.5 Å². The quantitative estimate of drug-likeness (QED) is 0.768. The molecule has 1 aliphatic carbocycles. The SMILES string of the molecule is COc1ccc(C2(C=O)CCCCC2)cc1OC. The number of hydrogen-bond acceptors (Lipinski definition) is 3. The number of carbonyl (C=O) groups is 1. The first-order chi connectivity index (χ1) is 8.75. The van der Waals surface area contributed by atoms with Crippen molar-refractivity contribution in [2.45, 2.75) is 37.5 Å². The van der Waals surface area contributed by atoms with Crippen LogP contribution >= 0.6 is 0 Å². The Labute approximate surface area is 108 Å². The Hall–Kier alpha value is -1.51. The summed E-state index contributed by atoms with van der Waals surface area (Å²) in [6.07, 6.45) is 6.45. The smallest absolute Gasteiger partial charge is 0.161 e. The van der Waals surface area contributed by atoms with Crippen molar-refractivity contribution in [1.82, 2.24) is 0 Å². The van der Waals surface area contributed by atoms with E-state index in [1.165, 1.54) is 6.42 Å². The normalized spacial score (nSPS) is 18.1. The molecule has 0 saturated heterocycles. The Balaban J connectivity index is 2.39. The Morgan fingerprint density at radius 3 is 2.28 bits per heavy atom. The molecule has 0 spiro atoms. The lowest BCUT2D eigenvalue weighted by molar-refractivity contribution is -0.113. The predicted molar refractivity (Wildman–Crippen MR) is 70.4 cm³/mol. The molecule has 98 valence electrons. The molecule has 0 N–H and O–H groups in total. The zero-order valence-electron chi connectivity index (χ0n) is 11.1. The summed E-state index contributed by atoms with van der Waals surface area (Å²) in [6, 6.07) is 5.81. The summed E-state index contributed by atoms with van der Waals surface area (Å²) in [4.78, 5) is 11.6. The molecule has 0 heterocycles. The van der Waals surface area contributed by atoms with Crippen molar-refractivity contribution in [2.75, 3.05) is 14.2 Å². The molecule has 1 aromatic carbocycles. The number of ether oxygens (including phenoxy) is 2. The average Bonchev–Trinajstić information content (AvgIpc) is 2.47. The van der Waals surface area contributed by atoms with E-state index in [9.17, 15) is 4.79 Å². The molecule has 0 amide bonds. The standard InChI is InChI=1S/C15H20O3/c1-17-13-7-6-12(10-14(13)18-2)15(11-16)8-4-3-5-9-15/h6-7,10-11H,3-5,8-9H2,1-2H3. The highest BCUT2D eigenvalue weighted by Gasteiger charge is 2.34. The maximum Gasteiger partial charge on any atom is 0.161 e. The molecule has 0 bridgehead atoms. The maximum atomic E-state index is 11.6. The van der Waals surface area contributed by atoms with E-state index in [2.05, 4.69) is 0 Å². The van der Waals surface area contributed by atoms with Gasteiger partial charge in [0.15, 0.2) is 11.5 Å². The van der Waals surface area contributed by atoms with Crippen molar-refractivity contribution in [2.24, 2.45) is 0 Å². The number of methoxy groups -OCH3 is 2. The van der Waals surface area contributed by atoms with Gasteiger partial charge in [0.25, 0.3) is 0 Å². The summed E-state index contributed by atoms with van der Waals surface area (Å²) in [6.45, 7) is 0. The molecular formula is C15H20O3. The third-order valence-corrected chi connectivity index (χ3v) is 3.93. The average molecular weight is 248 g/mol. The highest BCUT2D eigenvalue weighted by atomic mass is 16.5. The van der Waals surface area contributed by atoms with Crippen molar-refractivity contribution in [1.29, 1.82) is 0 Å². The number of hydrogen-bond donors (Lipinski definition) is 0. The van der Waals surface area contributed by atoms with Crippen molar-refractivity contribution in [3.8, 4) is 11.5 Å². The molecule has 0 radical (unpaired) electrons. The molecule has 1 aromatic rings. The lowest BCUT2D eigenvalue weighted by Gasteiger charge is -2.32. The van der Waals surface area contributed by atoms with Gasteiger partial charge in [-0.15, -0.1) is 0 Å². The van der Waals surface area contributed by atoms with Gasteiger partial charge in [-0.2, -0.15) is 0 Å². The van der Waals surface area contributed by atoms with Crippen LogP contribution < -0.4 is 9.47 Å². The lowest BCUT2D eigenvalue weighted by Crippen LogP contribution is -2.30. The zero-order chi connectivity index (χ0) is 13.0. The van der Waals surface area contributed by atoms with E-state index in [4.69, 9.17) is 9.47 Å². The monoisotopic (exact) mass is 248 g/mol. The molecule has 3 nitrogen and oxygen atoms in total. The number of aldehydes is 1. The van der Waals surface area contributed by atoms with E-state index in [0.717, 1.165) is 37.5 Å². The van der Waals surface area contributed by atoms with Crippen LogP contribution in [0.1, 0.15) is 37.7 Å². The van der Waals surface area contributed by atoms with Gasteiger partial charge in [0.2, 0.25) is 0 Å². The minimum atomic E-state index is -0.322. The van der Waals surface area contributed by atoms with Gasteiger partial charge in [0, 0.05) is 0 Å². The topological polar surface area (TPSA) is 35.5 Å². The van der Waals surface area contributed by atoms with Gasteiger partial charge in [-0.1, -0.05) is 25.3 Å². The van der Waals surface area contributed by atoms with Gasteiger partial charge in [-0.25, -0.2) is 0 Å². The highest BCUT2D eigenvalue weighted by molar-refractivity contribution is 5.69. The van der Waals surface area contributed by atoms with Crippen LogP contribution in [0.15, 0.2) is 18.2 Å². The Morgan fingerprint density at radius 1 is 1.06 bits per heavy atom. The van der Waals surface area contributed by atoms with Crippen LogP contribution in [0.4, 0.5) is 0 Å². The Morgan fingerprint density at radius 2 is 1.72 bits per heavy atom. The minimum Gasteiger partial charge on any atom is -0.493 e. The van der Waals surface area contributed by atoms with Crippen LogP contribution in [0, 0.1) is 0 Å². The largest absolute Gasteiger partial charge is 0.493 e. The zero-order valence-corrected chi connectivity index (χ0v) is 11.1. The van der Waals surface area contributed by atoms with Crippen molar-refractivity contribution >= 4 is 6.29 Å². The number of carbonyl (C=O) groups excluding carboxylic acids is 1. The van der Waals surface area contributed by atoms with Gasteiger partial charge >= 0.3 is 0 Å². The third-order valence-electron chi connectivity index (χ3n) is 3.93. The van der Waals surface area contributed by atoms with Crippen molar-refractivity contribution < 1.29 is 14.3 Å². The van der Waals surface area contributed by atoms with E-state index < -0.39 is 0 Å². The first-order valence-electron chi connectivity index (χ1n) is 6.44. The van der Waals surface area contributed by atoms with E-state index in [1.54, 1.807) is 14.2 Å². The van der Waals surface area contributed by atoms with Crippen LogP contribution in [0.3, 0.4) is 0 Å². The molecule has 0 atom stereocenters.